The minimum absolute atomic E-state index is 0.0199. The minimum atomic E-state index is -0.0199. The van der Waals surface area contributed by atoms with Crippen molar-refractivity contribution in [1.29, 1.82) is 0 Å². The van der Waals surface area contributed by atoms with Crippen molar-refractivity contribution in [3.05, 3.63) is 50.1 Å². The topological polar surface area (TPSA) is 34.9 Å². The van der Waals surface area contributed by atoms with Gasteiger partial charge in [-0.3, -0.25) is 9.36 Å². The van der Waals surface area contributed by atoms with Crippen molar-refractivity contribution in [1.82, 2.24) is 9.55 Å². The van der Waals surface area contributed by atoms with Crippen LogP contribution in [0.2, 0.25) is 5.02 Å². The molecule has 0 radical (unpaired) electrons. The molecule has 0 amide bonds. The fourth-order valence-corrected chi connectivity index (χ4v) is 3.99. The number of nitrogens with zero attached hydrogens (tertiary/aromatic N) is 2. The van der Waals surface area contributed by atoms with Gasteiger partial charge in [-0.25, -0.2) is 4.98 Å². The van der Waals surface area contributed by atoms with Gasteiger partial charge in [-0.05, 0) is 49.9 Å². The van der Waals surface area contributed by atoms with Gasteiger partial charge in [-0.1, -0.05) is 23.4 Å². The first-order valence-electron chi connectivity index (χ1n) is 6.35. The summed E-state index contributed by atoms with van der Waals surface area (Å²) >= 11 is 8.96. The molecule has 0 N–H and O–H groups in total. The molecule has 0 atom stereocenters. The van der Waals surface area contributed by atoms with E-state index in [1.54, 1.807) is 28.0 Å². The molecule has 2 heterocycles. The molecule has 108 valence electrons. The zero-order valence-electron chi connectivity index (χ0n) is 11.8. The van der Waals surface area contributed by atoms with Crippen LogP contribution in [0.15, 0.2) is 34.2 Å². The highest BCUT2D eigenvalue weighted by molar-refractivity contribution is 7.98. The molecule has 0 fully saturated rings. The van der Waals surface area contributed by atoms with Crippen LogP contribution >= 0.6 is 34.7 Å². The number of aromatic nitrogens is 2. The molecule has 0 aliphatic carbocycles. The van der Waals surface area contributed by atoms with E-state index >= 15 is 0 Å². The van der Waals surface area contributed by atoms with E-state index in [2.05, 4.69) is 4.98 Å². The maximum absolute atomic E-state index is 12.9. The Morgan fingerprint density at radius 1 is 1.24 bits per heavy atom. The van der Waals surface area contributed by atoms with Gasteiger partial charge in [0.25, 0.3) is 5.56 Å². The molecule has 0 bridgehead atoms. The fraction of sp³-hybridized carbons (Fsp3) is 0.200. The van der Waals surface area contributed by atoms with Gasteiger partial charge in [-0.15, -0.1) is 11.3 Å². The number of benzene rings is 1. The molecule has 3 nitrogen and oxygen atoms in total. The van der Waals surface area contributed by atoms with E-state index in [-0.39, 0.29) is 5.56 Å². The summed E-state index contributed by atoms with van der Waals surface area (Å²) in [5.74, 6) is 0. The summed E-state index contributed by atoms with van der Waals surface area (Å²) in [4.78, 5) is 19.5. The average molecular weight is 337 g/mol. The van der Waals surface area contributed by atoms with E-state index < -0.39 is 0 Å². The highest BCUT2D eigenvalue weighted by Crippen LogP contribution is 2.29. The van der Waals surface area contributed by atoms with Crippen molar-refractivity contribution in [3.63, 3.8) is 0 Å². The smallest absolute Gasteiger partial charge is 0.267 e. The van der Waals surface area contributed by atoms with E-state index in [1.807, 2.05) is 32.2 Å². The summed E-state index contributed by atoms with van der Waals surface area (Å²) in [6.45, 7) is 3.99. The Labute approximate surface area is 135 Å². The number of thioether (sulfide) groups is 1. The molecule has 0 aliphatic heterocycles. The van der Waals surface area contributed by atoms with E-state index in [4.69, 9.17) is 11.6 Å². The SMILES string of the molecule is CSc1nc2sc(C)c(C)c2c(=O)n1-c1ccc(Cl)cc1. The average Bonchev–Trinajstić information content (AvgIpc) is 2.75. The largest absolute Gasteiger partial charge is 0.268 e. The standard InChI is InChI=1S/C15H13ClN2OS2/c1-8-9(2)21-13-12(8)14(19)18(15(17-13)20-3)11-6-4-10(16)5-7-11/h4-7H,1-3H3. The van der Waals surface area contributed by atoms with E-state index in [0.717, 1.165) is 21.0 Å². The first-order valence-corrected chi connectivity index (χ1v) is 8.77. The number of thiophene rings is 1. The molecule has 0 spiro atoms. The second-order valence-corrected chi connectivity index (χ2v) is 7.09. The van der Waals surface area contributed by atoms with Crippen LogP contribution in [-0.2, 0) is 0 Å². The van der Waals surface area contributed by atoms with Crippen LogP contribution in [0.25, 0.3) is 15.9 Å². The van der Waals surface area contributed by atoms with Crippen LogP contribution < -0.4 is 5.56 Å². The number of fused-ring (bicyclic) bond motifs is 1. The van der Waals surface area contributed by atoms with Gasteiger partial charge >= 0.3 is 0 Å². The zero-order valence-corrected chi connectivity index (χ0v) is 14.2. The molecule has 0 unspecified atom stereocenters. The number of hydrogen-bond acceptors (Lipinski definition) is 4. The molecule has 1 aromatic carbocycles. The number of hydrogen-bond donors (Lipinski definition) is 0. The predicted octanol–water partition coefficient (Wildman–Crippen LogP) is 4.44. The van der Waals surface area contributed by atoms with Crippen LogP contribution in [0.3, 0.4) is 0 Å². The molecule has 0 aliphatic rings. The van der Waals surface area contributed by atoms with Crippen LogP contribution in [0, 0.1) is 13.8 Å². The lowest BCUT2D eigenvalue weighted by Crippen LogP contribution is -2.21. The lowest BCUT2D eigenvalue weighted by atomic mass is 10.2. The third kappa shape index (κ3) is 2.39. The Morgan fingerprint density at radius 3 is 2.52 bits per heavy atom. The van der Waals surface area contributed by atoms with Gasteiger partial charge in [0.2, 0.25) is 0 Å². The van der Waals surface area contributed by atoms with Crippen molar-refractivity contribution in [2.75, 3.05) is 6.26 Å². The van der Waals surface area contributed by atoms with Crippen LogP contribution in [-0.4, -0.2) is 15.8 Å². The van der Waals surface area contributed by atoms with Gasteiger partial charge in [0, 0.05) is 9.90 Å². The quantitative estimate of drug-likeness (QED) is 0.512. The van der Waals surface area contributed by atoms with E-state index in [1.165, 1.54) is 11.8 Å². The molecule has 0 saturated carbocycles. The number of rotatable bonds is 2. The second kappa shape index (κ2) is 5.48. The highest BCUT2D eigenvalue weighted by atomic mass is 35.5. The third-order valence-electron chi connectivity index (χ3n) is 3.44. The van der Waals surface area contributed by atoms with Crippen LogP contribution in [0.1, 0.15) is 10.4 Å². The van der Waals surface area contributed by atoms with Crippen LogP contribution in [0.4, 0.5) is 0 Å². The zero-order chi connectivity index (χ0) is 15.1. The first kappa shape index (κ1) is 14.6. The summed E-state index contributed by atoms with van der Waals surface area (Å²) in [7, 11) is 0. The molecular formula is C15H13ClN2OS2. The Kier molecular flexibility index (Phi) is 3.82. The van der Waals surface area contributed by atoms with Gasteiger partial charge < -0.3 is 0 Å². The molecular weight excluding hydrogens is 324 g/mol. The summed E-state index contributed by atoms with van der Waals surface area (Å²) in [5, 5.41) is 2.05. The predicted molar refractivity (Wildman–Crippen MR) is 91.5 cm³/mol. The molecule has 2 aromatic heterocycles. The number of halogens is 1. The Bertz CT molecular complexity index is 881. The molecule has 3 aromatic rings. The van der Waals surface area contributed by atoms with Gasteiger partial charge in [-0.2, -0.15) is 0 Å². The van der Waals surface area contributed by atoms with Crippen molar-refractivity contribution in [2.24, 2.45) is 0 Å². The van der Waals surface area contributed by atoms with Crippen molar-refractivity contribution in [2.45, 2.75) is 19.0 Å². The molecule has 3 rings (SSSR count). The second-order valence-electron chi connectivity index (χ2n) is 4.68. The Morgan fingerprint density at radius 2 is 1.90 bits per heavy atom. The summed E-state index contributed by atoms with van der Waals surface area (Å²) in [6.07, 6.45) is 1.92. The van der Waals surface area contributed by atoms with Crippen molar-refractivity contribution >= 4 is 44.9 Å². The minimum Gasteiger partial charge on any atom is -0.268 e. The lowest BCUT2D eigenvalue weighted by molar-refractivity contribution is 0.824. The molecule has 21 heavy (non-hydrogen) atoms. The highest BCUT2D eigenvalue weighted by Gasteiger charge is 2.16. The maximum atomic E-state index is 12.9. The van der Waals surface area contributed by atoms with E-state index in [9.17, 15) is 4.79 Å². The Balaban J connectivity index is 2.40. The molecule has 0 saturated heterocycles. The normalized spacial score (nSPS) is 11.2. The third-order valence-corrected chi connectivity index (χ3v) is 5.43. The lowest BCUT2D eigenvalue weighted by Gasteiger charge is -2.10. The van der Waals surface area contributed by atoms with Crippen molar-refractivity contribution in [3.8, 4) is 5.69 Å². The van der Waals surface area contributed by atoms with Gasteiger partial charge in [0.15, 0.2) is 5.16 Å². The summed E-state index contributed by atoms with van der Waals surface area (Å²) < 4.78 is 1.66. The van der Waals surface area contributed by atoms with Crippen molar-refractivity contribution < 1.29 is 0 Å². The maximum Gasteiger partial charge on any atom is 0.267 e. The first-order chi connectivity index (χ1) is 10.0. The molecule has 6 heteroatoms. The van der Waals surface area contributed by atoms with Gasteiger partial charge in [0.1, 0.15) is 4.83 Å². The Hall–Kier alpha value is -1.30. The monoisotopic (exact) mass is 336 g/mol. The summed E-state index contributed by atoms with van der Waals surface area (Å²) in [5.41, 5.74) is 1.78. The van der Waals surface area contributed by atoms with Gasteiger partial charge in [0.05, 0.1) is 11.1 Å². The summed E-state index contributed by atoms with van der Waals surface area (Å²) in [6, 6.07) is 7.24. The number of aryl methyl sites for hydroxylation is 2. The van der Waals surface area contributed by atoms with Crippen LogP contribution in [0.5, 0.6) is 0 Å². The fourth-order valence-electron chi connectivity index (χ4n) is 2.23. The van der Waals surface area contributed by atoms with E-state index in [0.29, 0.717) is 15.6 Å².